The second kappa shape index (κ2) is 7.25. The fourth-order valence-corrected chi connectivity index (χ4v) is 6.09. The van der Waals surface area contributed by atoms with Crippen molar-refractivity contribution in [1.29, 1.82) is 0 Å². The maximum absolute atomic E-state index is 10.1. The molecule has 6 rings (SSSR count). The first kappa shape index (κ1) is 17.3. The molecule has 2 aromatic carbocycles. The van der Waals surface area contributed by atoms with E-state index in [1.165, 1.54) is 36.0 Å². The van der Waals surface area contributed by atoms with E-state index in [0.29, 0.717) is 0 Å². The van der Waals surface area contributed by atoms with Crippen LogP contribution in [-0.4, -0.2) is 10.7 Å². The van der Waals surface area contributed by atoms with Gasteiger partial charge in [-0.15, -0.1) is 0 Å². The van der Waals surface area contributed by atoms with E-state index in [1.54, 1.807) is 0 Å². The quantitative estimate of drug-likeness (QED) is 0.597. The minimum Gasteiger partial charge on any atom is -0.390 e. The first-order valence-corrected chi connectivity index (χ1v) is 10.7. The van der Waals surface area contributed by atoms with Crippen molar-refractivity contribution in [2.24, 2.45) is 17.8 Å². The lowest BCUT2D eigenvalue weighted by Crippen LogP contribution is -2.50. The zero-order chi connectivity index (χ0) is 17.3. The summed E-state index contributed by atoms with van der Waals surface area (Å²) >= 11 is 3.51. The SMILES string of the molecule is BrCc1ccccc1-c1ccccc1.OC12CC3CC(CC(C3)C1)C2. The largest absolute Gasteiger partial charge is 0.390 e. The number of aliphatic hydroxyl groups is 1. The highest BCUT2D eigenvalue weighted by molar-refractivity contribution is 9.08. The molecule has 0 amide bonds. The highest BCUT2D eigenvalue weighted by Crippen LogP contribution is 2.55. The lowest BCUT2D eigenvalue weighted by Gasteiger charge is -2.54. The molecule has 0 aromatic heterocycles. The first-order valence-electron chi connectivity index (χ1n) is 9.57. The Morgan fingerprint density at radius 2 is 1.32 bits per heavy atom. The third kappa shape index (κ3) is 3.85. The van der Waals surface area contributed by atoms with Gasteiger partial charge in [0.25, 0.3) is 0 Å². The maximum Gasteiger partial charge on any atom is 0.0655 e. The number of rotatable bonds is 2. The summed E-state index contributed by atoms with van der Waals surface area (Å²) in [5.74, 6) is 2.68. The second-order valence-electron chi connectivity index (χ2n) is 8.30. The Labute approximate surface area is 159 Å². The van der Waals surface area contributed by atoms with Gasteiger partial charge in [-0.1, -0.05) is 70.5 Å². The van der Waals surface area contributed by atoms with E-state index in [2.05, 4.69) is 64.5 Å². The van der Waals surface area contributed by atoms with Gasteiger partial charge in [0.2, 0.25) is 0 Å². The van der Waals surface area contributed by atoms with E-state index in [-0.39, 0.29) is 5.60 Å². The number of halogens is 1. The number of benzene rings is 2. The third-order valence-corrected chi connectivity index (χ3v) is 6.86. The minimum absolute atomic E-state index is 0.200. The minimum atomic E-state index is -0.200. The van der Waals surface area contributed by atoms with Crippen molar-refractivity contribution in [3.8, 4) is 11.1 Å². The number of hydrogen-bond donors (Lipinski definition) is 1. The van der Waals surface area contributed by atoms with Crippen LogP contribution >= 0.6 is 15.9 Å². The molecule has 1 N–H and O–H groups in total. The third-order valence-electron chi connectivity index (χ3n) is 6.25. The molecule has 2 heteroatoms. The summed E-state index contributed by atoms with van der Waals surface area (Å²) < 4.78 is 0. The smallest absolute Gasteiger partial charge is 0.0655 e. The molecule has 0 atom stereocenters. The molecule has 4 bridgehead atoms. The highest BCUT2D eigenvalue weighted by Gasteiger charge is 2.49. The fourth-order valence-electron chi connectivity index (χ4n) is 5.60. The molecule has 4 saturated carbocycles. The van der Waals surface area contributed by atoms with Crippen LogP contribution < -0.4 is 0 Å². The normalized spacial score (nSPS) is 32.2. The van der Waals surface area contributed by atoms with Crippen LogP contribution in [0.1, 0.15) is 44.1 Å². The van der Waals surface area contributed by atoms with Gasteiger partial charge >= 0.3 is 0 Å². The summed E-state index contributed by atoms with van der Waals surface area (Å²) in [6, 6.07) is 18.9. The van der Waals surface area contributed by atoms with Crippen LogP contribution in [0.25, 0.3) is 11.1 Å². The summed E-state index contributed by atoms with van der Waals surface area (Å²) in [4.78, 5) is 0. The van der Waals surface area contributed by atoms with Gasteiger partial charge < -0.3 is 5.11 Å². The van der Waals surface area contributed by atoms with Gasteiger partial charge in [0.15, 0.2) is 0 Å². The summed E-state index contributed by atoms with van der Waals surface area (Å²) in [5.41, 5.74) is 3.72. The van der Waals surface area contributed by atoms with E-state index in [1.807, 2.05) is 6.07 Å². The molecule has 4 aliphatic carbocycles. The van der Waals surface area contributed by atoms with E-state index in [9.17, 15) is 5.11 Å². The van der Waals surface area contributed by atoms with Crippen LogP contribution in [0.3, 0.4) is 0 Å². The monoisotopic (exact) mass is 398 g/mol. The topological polar surface area (TPSA) is 20.2 Å². The molecule has 0 heterocycles. The van der Waals surface area contributed by atoms with Gasteiger partial charge in [-0.25, -0.2) is 0 Å². The van der Waals surface area contributed by atoms with Gasteiger partial charge in [-0.3, -0.25) is 0 Å². The van der Waals surface area contributed by atoms with Crippen molar-refractivity contribution in [2.45, 2.75) is 49.5 Å². The van der Waals surface area contributed by atoms with Crippen molar-refractivity contribution in [3.05, 3.63) is 60.2 Å². The average molecular weight is 399 g/mol. The zero-order valence-corrected chi connectivity index (χ0v) is 16.3. The van der Waals surface area contributed by atoms with Gasteiger partial charge in [0, 0.05) is 5.33 Å². The number of hydrogen-bond acceptors (Lipinski definition) is 1. The predicted octanol–water partition coefficient (Wildman–Crippen LogP) is 6.20. The summed E-state index contributed by atoms with van der Waals surface area (Å²) in [5, 5.41) is 11.0. The molecule has 2 aromatic rings. The second-order valence-corrected chi connectivity index (χ2v) is 8.86. The Bertz CT molecular complexity index is 674. The molecule has 4 aliphatic rings. The Hall–Kier alpha value is -1.12. The van der Waals surface area contributed by atoms with E-state index < -0.39 is 0 Å². The maximum atomic E-state index is 10.1. The molecule has 25 heavy (non-hydrogen) atoms. The van der Waals surface area contributed by atoms with Crippen molar-refractivity contribution >= 4 is 15.9 Å². The lowest BCUT2D eigenvalue weighted by atomic mass is 9.54. The van der Waals surface area contributed by atoms with Crippen LogP contribution in [0.5, 0.6) is 0 Å². The van der Waals surface area contributed by atoms with Crippen molar-refractivity contribution in [2.75, 3.05) is 0 Å². The molecule has 0 saturated heterocycles. The van der Waals surface area contributed by atoms with Crippen LogP contribution in [0.4, 0.5) is 0 Å². The van der Waals surface area contributed by atoms with E-state index >= 15 is 0 Å². The summed E-state index contributed by atoms with van der Waals surface area (Å²) in [6.45, 7) is 0. The predicted molar refractivity (Wildman–Crippen MR) is 108 cm³/mol. The number of alkyl halides is 1. The summed E-state index contributed by atoms with van der Waals surface area (Å²) in [6.07, 6.45) is 7.66. The molecule has 0 radical (unpaired) electrons. The highest BCUT2D eigenvalue weighted by atomic mass is 79.9. The van der Waals surface area contributed by atoms with Gasteiger partial charge in [-0.05, 0) is 73.0 Å². The van der Waals surface area contributed by atoms with E-state index in [4.69, 9.17) is 0 Å². The molecule has 0 spiro atoms. The standard InChI is InChI=1S/C13H11Br.C10H16O/c14-10-12-8-4-5-9-13(12)11-6-2-1-3-7-11;11-10-4-7-1-8(5-10)3-9(2-7)6-10/h1-9H,10H2;7-9,11H,1-6H2. The van der Waals surface area contributed by atoms with Crippen LogP contribution in [0.15, 0.2) is 54.6 Å². The molecule has 4 fully saturated rings. The Kier molecular flexibility index (Phi) is 5.01. The molecule has 132 valence electrons. The van der Waals surface area contributed by atoms with E-state index in [0.717, 1.165) is 42.3 Å². The molecule has 0 unspecified atom stereocenters. The Morgan fingerprint density at radius 3 is 1.84 bits per heavy atom. The lowest BCUT2D eigenvalue weighted by molar-refractivity contribution is -0.124. The summed E-state index contributed by atoms with van der Waals surface area (Å²) in [7, 11) is 0. The fraction of sp³-hybridized carbons (Fsp3) is 0.478. The Balaban J connectivity index is 0.000000128. The van der Waals surface area contributed by atoms with Crippen LogP contribution in [0.2, 0.25) is 0 Å². The molecule has 1 nitrogen and oxygen atoms in total. The first-order chi connectivity index (χ1) is 12.1. The van der Waals surface area contributed by atoms with Crippen molar-refractivity contribution < 1.29 is 5.11 Å². The van der Waals surface area contributed by atoms with Gasteiger partial charge in [-0.2, -0.15) is 0 Å². The molecule has 0 aliphatic heterocycles. The van der Waals surface area contributed by atoms with Crippen molar-refractivity contribution in [1.82, 2.24) is 0 Å². The molecular weight excluding hydrogens is 372 g/mol. The van der Waals surface area contributed by atoms with Gasteiger partial charge in [0.1, 0.15) is 0 Å². The van der Waals surface area contributed by atoms with Crippen LogP contribution in [0, 0.1) is 17.8 Å². The van der Waals surface area contributed by atoms with Crippen LogP contribution in [-0.2, 0) is 5.33 Å². The zero-order valence-electron chi connectivity index (χ0n) is 14.7. The Morgan fingerprint density at radius 1 is 0.800 bits per heavy atom. The molecular formula is C23H27BrO. The average Bonchev–Trinajstić information content (AvgIpc) is 2.61. The van der Waals surface area contributed by atoms with Crippen molar-refractivity contribution in [3.63, 3.8) is 0 Å². The van der Waals surface area contributed by atoms with Gasteiger partial charge in [0.05, 0.1) is 5.60 Å².